The van der Waals surface area contributed by atoms with Crippen molar-refractivity contribution < 1.29 is 0 Å². The minimum atomic E-state index is 0.446. The molecule has 0 aromatic heterocycles. The highest BCUT2D eigenvalue weighted by atomic mass is 14.3. The Balaban J connectivity index is 2.94. The van der Waals surface area contributed by atoms with Gasteiger partial charge in [0.05, 0.1) is 0 Å². The van der Waals surface area contributed by atoms with E-state index in [1.165, 1.54) is 51.4 Å². The molecule has 0 aliphatic heterocycles. The van der Waals surface area contributed by atoms with Gasteiger partial charge in [0.1, 0.15) is 0 Å². The van der Waals surface area contributed by atoms with Gasteiger partial charge >= 0.3 is 0 Å². The number of rotatable bonds is 9. The second-order valence-corrected chi connectivity index (χ2v) is 5.60. The second kappa shape index (κ2) is 8.34. The van der Waals surface area contributed by atoms with Gasteiger partial charge in [0.2, 0.25) is 0 Å². The molecular weight excluding hydrogens is 216 g/mol. The van der Waals surface area contributed by atoms with Crippen molar-refractivity contribution in [2.45, 2.75) is 77.6 Å². The summed E-state index contributed by atoms with van der Waals surface area (Å²) in [7, 11) is 0. The Morgan fingerprint density at radius 2 is 1.28 bits per heavy atom. The Morgan fingerprint density at radius 3 is 1.72 bits per heavy atom. The Bertz CT molecular complexity index is 291. The van der Waals surface area contributed by atoms with E-state index < -0.39 is 0 Å². The van der Waals surface area contributed by atoms with E-state index in [-0.39, 0.29) is 0 Å². The van der Waals surface area contributed by atoms with E-state index in [4.69, 9.17) is 0 Å². The van der Waals surface area contributed by atoms with Gasteiger partial charge in [0, 0.05) is 0 Å². The highest BCUT2D eigenvalue weighted by molar-refractivity contribution is 5.25. The van der Waals surface area contributed by atoms with Crippen molar-refractivity contribution in [3.63, 3.8) is 0 Å². The fourth-order valence-corrected chi connectivity index (χ4v) is 3.11. The molecule has 1 aromatic rings. The molecule has 0 bridgehead atoms. The zero-order chi connectivity index (χ0) is 13.3. The van der Waals surface area contributed by atoms with Gasteiger partial charge in [-0.25, -0.2) is 0 Å². The van der Waals surface area contributed by atoms with Gasteiger partial charge in [-0.05, 0) is 30.2 Å². The van der Waals surface area contributed by atoms with Gasteiger partial charge in [-0.2, -0.15) is 0 Å². The van der Waals surface area contributed by atoms with Gasteiger partial charge in [-0.15, -0.1) is 0 Å². The van der Waals surface area contributed by atoms with Gasteiger partial charge in [-0.3, -0.25) is 0 Å². The monoisotopic (exact) mass is 246 g/mol. The number of hydrogen-bond acceptors (Lipinski definition) is 0. The third-order valence-electron chi connectivity index (χ3n) is 4.13. The molecule has 1 rings (SSSR count). The van der Waals surface area contributed by atoms with Crippen molar-refractivity contribution in [3.05, 3.63) is 35.9 Å². The van der Waals surface area contributed by atoms with E-state index in [0.717, 1.165) is 0 Å². The first kappa shape index (κ1) is 15.3. The van der Waals surface area contributed by atoms with Crippen LogP contribution in [-0.4, -0.2) is 0 Å². The van der Waals surface area contributed by atoms with Gasteiger partial charge in [0.25, 0.3) is 0 Å². The van der Waals surface area contributed by atoms with Crippen LogP contribution < -0.4 is 0 Å². The van der Waals surface area contributed by atoms with Crippen LogP contribution >= 0.6 is 0 Å². The minimum Gasteiger partial charge on any atom is -0.0654 e. The number of benzene rings is 1. The summed E-state index contributed by atoms with van der Waals surface area (Å²) in [5.41, 5.74) is 2.02. The average molecular weight is 246 g/mol. The molecule has 0 amide bonds. The third-order valence-corrected chi connectivity index (χ3v) is 4.13. The number of unbranched alkanes of at least 4 members (excludes halogenated alkanes) is 2. The van der Waals surface area contributed by atoms with Crippen LogP contribution in [0.2, 0.25) is 0 Å². The Morgan fingerprint density at radius 1 is 0.722 bits per heavy atom. The van der Waals surface area contributed by atoms with Crippen LogP contribution in [-0.2, 0) is 5.41 Å². The van der Waals surface area contributed by atoms with E-state index in [1.807, 2.05) is 0 Å². The van der Waals surface area contributed by atoms with Crippen LogP contribution in [0.1, 0.15) is 77.7 Å². The lowest BCUT2D eigenvalue weighted by Crippen LogP contribution is -2.26. The molecule has 0 atom stereocenters. The molecule has 0 saturated heterocycles. The van der Waals surface area contributed by atoms with Crippen LogP contribution in [0.4, 0.5) is 0 Å². The van der Waals surface area contributed by atoms with Crippen molar-refractivity contribution in [2.75, 3.05) is 0 Å². The van der Waals surface area contributed by atoms with E-state index in [0.29, 0.717) is 5.41 Å². The molecule has 0 nitrogen and oxygen atoms in total. The SMILES string of the molecule is CCCCC(CCC)(CCCC)c1ccccc1. The highest BCUT2D eigenvalue weighted by Gasteiger charge is 2.29. The van der Waals surface area contributed by atoms with E-state index >= 15 is 0 Å². The molecule has 0 heteroatoms. The summed E-state index contributed by atoms with van der Waals surface area (Å²) in [5, 5.41) is 0. The molecule has 1 aromatic carbocycles. The minimum absolute atomic E-state index is 0.446. The molecule has 0 unspecified atom stereocenters. The van der Waals surface area contributed by atoms with Gasteiger partial charge in [-0.1, -0.05) is 83.2 Å². The van der Waals surface area contributed by atoms with Crippen molar-refractivity contribution in [2.24, 2.45) is 0 Å². The highest BCUT2D eigenvalue weighted by Crippen LogP contribution is 2.39. The van der Waals surface area contributed by atoms with Crippen molar-refractivity contribution in [1.82, 2.24) is 0 Å². The topological polar surface area (TPSA) is 0 Å². The summed E-state index contributed by atoms with van der Waals surface area (Å²) >= 11 is 0. The molecule has 0 heterocycles. The molecule has 0 radical (unpaired) electrons. The fourth-order valence-electron chi connectivity index (χ4n) is 3.11. The molecule has 0 aliphatic carbocycles. The molecule has 102 valence electrons. The lowest BCUT2D eigenvalue weighted by atomic mass is 9.70. The normalized spacial score (nSPS) is 11.7. The van der Waals surface area contributed by atoms with Crippen LogP contribution in [0.5, 0.6) is 0 Å². The van der Waals surface area contributed by atoms with Crippen molar-refractivity contribution >= 4 is 0 Å². The fraction of sp³-hybridized carbons (Fsp3) is 0.667. The smallest absolute Gasteiger partial charge is 0.00471 e. The maximum atomic E-state index is 2.35. The van der Waals surface area contributed by atoms with Gasteiger partial charge in [0.15, 0.2) is 0 Å². The predicted octanol–water partition coefficient (Wildman–Crippen LogP) is 6.10. The lowest BCUT2D eigenvalue weighted by Gasteiger charge is -2.35. The largest absolute Gasteiger partial charge is 0.0654 e. The Kier molecular flexibility index (Phi) is 7.08. The maximum absolute atomic E-state index is 2.35. The van der Waals surface area contributed by atoms with E-state index in [2.05, 4.69) is 51.1 Å². The Labute approximate surface area is 114 Å². The molecule has 0 fully saturated rings. The van der Waals surface area contributed by atoms with Crippen LogP contribution in [0, 0.1) is 0 Å². The maximum Gasteiger partial charge on any atom is -0.00471 e. The molecule has 0 saturated carbocycles. The predicted molar refractivity (Wildman–Crippen MR) is 82.1 cm³/mol. The lowest BCUT2D eigenvalue weighted by molar-refractivity contribution is 0.315. The summed E-state index contributed by atoms with van der Waals surface area (Å²) < 4.78 is 0. The molecule has 0 aliphatic rings. The first-order valence-corrected chi connectivity index (χ1v) is 7.84. The summed E-state index contributed by atoms with van der Waals surface area (Å²) in [6.07, 6.45) is 10.7. The zero-order valence-corrected chi connectivity index (χ0v) is 12.5. The van der Waals surface area contributed by atoms with Crippen molar-refractivity contribution in [1.29, 1.82) is 0 Å². The molecule has 18 heavy (non-hydrogen) atoms. The second-order valence-electron chi connectivity index (χ2n) is 5.60. The number of hydrogen-bond donors (Lipinski definition) is 0. The zero-order valence-electron chi connectivity index (χ0n) is 12.5. The quantitative estimate of drug-likeness (QED) is 0.493. The van der Waals surface area contributed by atoms with Crippen LogP contribution in [0.3, 0.4) is 0 Å². The molecule has 0 N–H and O–H groups in total. The average Bonchev–Trinajstić information content (AvgIpc) is 2.43. The summed E-state index contributed by atoms with van der Waals surface area (Å²) in [5.74, 6) is 0. The van der Waals surface area contributed by atoms with Gasteiger partial charge < -0.3 is 0 Å². The summed E-state index contributed by atoms with van der Waals surface area (Å²) in [4.78, 5) is 0. The first-order chi connectivity index (χ1) is 8.79. The Hall–Kier alpha value is -0.780. The molecular formula is C18H30. The van der Waals surface area contributed by atoms with E-state index in [9.17, 15) is 0 Å². The summed E-state index contributed by atoms with van der Waals surface area (Å²) in [6, 6.07) is 11.2. The van der Waals surface area contributed by atoms with Crippen LogP contribution in [0.15, 0.2) is 30.3 Å². The van der Waals surface area contributed by atoms with Crippen LogP contribution in [0.25, 0.3) is 0 Å². The summed E-state index contributed by atoms with van der Waals surface area (Å²) in [6.45, 7) is 6.94. The van der Waals surface area contributed by atoms with E-state index in [1.54, 1.807) is 5.56 Å². The first-order valence-electron chi connectivity index (χ1n) is 7.84. The van der Waals surface area contributed by atoms with Crippen molar-refractivity contribution in [3.8, 4) is 0 Å². The standard InChI is InChI=1S/C18H30/c1-4-7-15-18(14-6-3,16-8-5-2)17-12-10-9-11-13-17/h9-13H,4-8,14-16H2,1-3H3. The third kappa shape index (κ3) is 4.15. The molecule has 0 spiro atoms.